The predicted octanol–water partition coefficient (Wildman–Crippen LogP) is 2.20. The lowest BCUT2D eigenvalue weighted by atomic mass is 9.95. The number of hydrogen-bond donors (Lipinski definition) is 0. The van der Waals surface area contributed by atoms with Crippen molar-refractivity contribution in [2.45, 2.75) is 31.7 Å². The van der Waals surface area contributed by atoms with Crippen LogP contribution in [0.5, 0.6) is 0 Å². The molecule has 2 fully saturated rings. The molecule has 2 rings (SSSR count). The molecule has 0 aromatic rings. The molecule has 0 amide bonds. The Morgan fingerprint density at radius 2 is 1.42 bits per heavy atom. The molecule has 2 saturated heterocycles. The quantitative estimate of drug-likeness (QED) is 0.714. The van der Waals surface area contributed by atoms with Gasteiger partial charge in [-0.25, -0.2) is 4.39 Å². The summed E-state index contributed by atoms with van der Waals surface area (Å²) >= 11 is 0. The summed E-state index contributed by atoms with van der Waals surface area (Å²) < 4.78 is 38.7. The summed E-state index contributed by atoms with van der Waals surface area (Å²) in [6.07, 6.45) is 3.19. The molecule has 0 unspecified atom stereocenters. The van der Waals surface area contributed by atoms with E-state index in [2.05, 4.69) is 4.90 Å². The SMILES string of the molecule is FCCN(CC1CCN(F)CC1)C1CCN(F)CC1. The van der Waals surface area contributed by atoms with E-state index in [1.54, 1.807) is 0 Å². The number of nitrogens with zero attached hydrogens (tertiary/aromatic N) is 3. The van der Waals surface area contributed by atoms with E-state index in [4.69, 9.17) is 0 Å². The second-order valence-corrected chi connectivity index (χ2v) is 5.68. The summed E-state index contributed by atoms with van der Waals surface area (Å²) in [6.45, 7) is 2.74. The Labute approximate surface area is 113 Å². The third-order valence-electron chi connectivity index (χ3n) is 4.35. The van der Waals surface area contributed by atoms with Crippen LogP contribution in [0.1, 0.15) is 25.7 Å². The summed E-state index contributed by atoms with van der Waals surface area (Å²) in [5, 5.41) is 1.70. The molecule has 2 aliphatic rings. The number of hydrogen-bond acceptors (Lipinski definition) is 3. The van der Waals surface area contributed by atoms with Crippen LogP contribution in [0.25, 0.3) is 0 Å². The van der Waals surface area contributed by atoms with Gasteiger partial charge >= 0.3 is 0 Å². The molecule has 19 heavy (non-hydrogen) atoms. The Bertz CT molecular complexity index is 252. The molecule has 0 saturated carbocycles. The molecule has 0 radical (unpaired) electrons. The summed E-state index contributed by atoms with van der Waals surface area (Å²) in [5.41, 5.74) is 0. The van der Waals surface area contributed by atoms with Gasteiger partial charge in [-0.05, 0) is 31.6 Å². The van der Waals surface area contributed by atoms with E-state index in [9.17, 15) is 13.4 Å². The second kappa shape index (κ2) is 7.45. The minimum Gasteiger partial charge on any atom is -0.297 e. The van der Waals surface area contributed by atoms with Crippen LogP contribution in [0.15, 0.2) is 0 Å². The lowest BCUT2D eigenvalue weighted by Gasteiger charge is -2.38. The van der Waals surface area contributed by atoms with E-state index in [0.29, 0.717) is 38.6 Å². The first-order valence-electron chi connectivity index (χ1n) is 7.30. The molecule has 0 aliphatic carbocycles. The van der Waals surface area contributed by atoms with Crippen LogP contribution in [0.4, 0.5) is 13.4 Å². The zero-order valence-corrected chi connectivity index (χ0v) is 11.4. The highest BCUT2D eigenvalue weighted by Gasteiger charge is 2.28. The van der Waals surface area contributed by atoms with Crippen LogP contribution >= 0.6 is 0 Å². The van der Waals surface area contributed by atoms with Gasteiger partial charge in [-0.1, -0.05) is 0 Å². The van der Waals surface area contributed by atoms with Crippen LogP contribution in [0.3, 0.4) is 0 Å². The van der Waals surface area contributed by atoms with Gasteiger partial charge in [-0.15, -0.1) is 19.2 Å². The van der Waals surface area contributed by atoms with Gasteiger partial charge in [0.1, 0.15) is 6.67 Å². The van der Waals surface area contributed by atoms with Gasteiger partial charge < -0.3 is 0 Å². The first kappa shape index (κ1) is 15.1. The minimum atomic E-state index is -0.363. The van der Waals surface area contributed by atoms with Crippen molar-refractivity contribution in [3.05, 3.63) is 0 Å². The van der Waals surface area contributed by atoms with Crippen molar-refractivity contribution in [3.63, 3.8) is 0 Å². The maximum atomic E-state index is 13.0. The van der Waals surface area contributed by atoms with Gasteiger partial charge in [0, 0.05) is 45.3 Å². The monoisotopic (exact) mass is 279 g/mol. The van der Waals surface area contributed by atoms with Gasteiger partial charge in [-0.2, -0.15) is 0 Å². The van der Waals surface area contributed by atoms with E-state index < -0.39 is 0 Å². The van der Waals surface area contributed by atoms with Crippen molar-refractivity contribution < 1.29 is 13.4 Å². The first-order chi connectivity index (χ1) is 9.19. The number of piperidine rings is 2. The molecule has 0 aromatic heterocycles. The molecule has 6 heteroatoms. The molecule has 3 nitrogen and oxygen atoms in total. The molecular weight excluding hydrogens is 255 g/mol. The van der Waals surface area contributed by atoms with E-state index in [0.717, 1.165) is 42.5 Å². The molecule has 2 aliphatic heterocycles. The third kappa shape index (κ3) is 4.61. The molecule has 112 valence electrons. The van der Waals surface area contributed by atoms with Gasteiger partial charge in [0.2, 0.25) is 0 Å². The van der Waals surface area contributed by atoms with Gasteiger partial charge in [0.25, 0.3) is 0 Å². The maximum absolute atomic E-state index is 13.0. The van der Waals surface area contributed by atoms with Gasteiger partial charge in [-0.3, -0.25) is 4.90 Å². The summed E-state index contributed by atoms with van der Waals surface area (Å²) in [7, 11) is 0. The lowest BCUT2D eigenvalue weighted by molar-refractivity contribution is -0.0348. The van der Waals surface area contributed by atoms with Crippen molar-refractivity contribution in [2.75, 3.05) is 45.9 Å². The largest absolute Gasteiger partial charge is 0.297 e. The fourth-order valence-electron chi connectivity index (χ4n) is 3.15. The van der Waals surface area contributed by atoms with Crippen molar-refractivity contribution in [2.24, 2.45) is 5.92 Å². The smallest absolute Gasteiger partial charge is 0.102 e. The molecule has 0 N–H and O–H groups in total. The highest BCUT2D eigenvalue weighted by atomic mass is 19.2. The predicted molar refractivity (Wildman–Crippen MR) is 68.7 cm³/mol. The molecule has 0 bridgehead atoms. The molecule has 2 heterocycles. The summed E-state index contributed by atoms with van der Waals surface area (Å²) in [5.74, 6) is 0.446. The third-order valence-corrected chi connectivity index (χ3v) is 4.35. The molecule has 0 atom stereocenters. The summed E-state index contributed by atoms with van der Waals surface area (Å²) in [6, 6.07) is 0.283. The van der Waals surface area contributed by atoms with Crippen molar-refractivity contribution in [1.29, 1.82) is 0 Å². The molecule has 0 aromatic carbocycles. The average Bonchev–Trinajstić information content (AvgIpc) is 2.42. The van der Waals surface area contributed by atoms with Crippen LogP contribution in [-0.2, 0) is 0 Å². The first-order valence-corrected chi connectivity index (χ1v) is 7.30. The Kier molecular flexibility index (Phi) is 5.91. The number of alkyl halides is 1. The van der Waals surface area contributed by atoms with E-state index in [-0.39, 0.29) is 12.7 Å². The Balaban J connectivity index is 1.81. The second-order valence-electron chi connectivity index (χ2n) is 5.68. The zero-order chi connectivity index (χ0) is 13.7. The fraction of sp³-hybridized carbons (Fsp3) is 1.00. The lowest BCUT2D eigenvalue weighted by Crippen LogP contribution is -2.46. The Morgan fingerprint density at radius 3 is 1.95 bits per heavy atom. The normalized spacial score (nSPS) is 25.3. The van der Waals surface area contributed by atoms with Crippen LogP contribution < -0.4 is 0 Å². The van der Waals surface area contributed by atoms with E-state index >= 15 is 0 Å². The Morgan fingerprint density at radius 1 is 0.895 bits per heavy atom. The van der Waals surface area contributed by atoms with Crippen molar-refractivity contribution in [1.82, 2.24) is 15.1 Å². The topological polar surface area (TPSA) is 9.72 Å². The highest BCUT2D eigenvalue weighted by molar-refractivity contribution is 4.80. The minimum absolute atomic E-state index is 0.283. The Hall–Kier alpha value is -0.330. The fourth-order valence-corrected chi connectivity index (χ4v) is 3.15. The average molecular weight is 279 g/mol. The summed E-state index contributed by atoms with van der Waals surface area (Å²) in [4.78, 5) is 2.16. The van der Waals surface area contributed by atoms with Crippen LogP contribution in [0, 0.1) is 5.92 Å². The van der Waals surface area contributed by atoms with Gasteiger partial charge in [0.15, 0.2) is 0 Å². The zero-order valence-electron chi connectivity index (χ0n) is 11.4. The number of rotatable bonds is 5. The molecule has 0 spiro atoms. The van der Waals surface area contributed by atoms with Crippen LogP contribution in [0.2, 0.25) is 0 Å². The van der Waals surface area contributed by atoms with Gasteiger partial charge in [0.05, 0.1) is 0 Å². The number of halogens is 3. The van der Waals surface area contributed by atoms with Crippen molar-refractivity contribution >= 4 is 0 Å². The van der Waals surface area contributed by atoms with E-state index in [1.165, 1.54) is 0 Å². The standard InChI is InChI=1S/C13H24F3N3/c14-5-10-17(13-3-8-19(16)9-4-13)11-12-1-6-18(15)7-2-12/h12-13H,1-11H2. The van der Waals surface area contributed by atoms with Crippen LogP contribution in [-0.4, -0.2) is 67.1 Å². The van der Waals surface area contributed by atoms with E-state index in [1.807, 2.05) is 0 Å². The molecular formula is C13H24F3N3. The highest BCUT2D eigenvalue weighted by Crippen LogP contribution is 2.23. The maximum Gasteiger partial charge on any atom is 0.102 e. The van der Waals surface area contributed by atoms with Crippen molar-refractivity contribution in [3.8, 4) is 0 Å².